The molecular weight excluding hydrogens is 244 g/mol. The van der Waals surface area contributed by atoms with Crippen molar-refractivity contribution in [2.24, 2.45) is 0 Å². The summed E-state index contributed by atoms with van der Waals surface area (Å²) >= 11 is 6.00. The van der Waals surface area contributed by atoms with Gasteiger partial charge in [-0.05, 0) is 25.5 Å². The van der Waals surface area contributed by atoms with Gasteiger partial charge >= 0.3 is 5.97 Å². The van der Waals surface area contributed by atoms with Gasteiger partial charge in [-0.25, -0.2) is 4.79 Å². The molecule has 5 heteroatoms. The van der Waals surface area contributed by atoms with Gasteiger partial charge in [-0.1, -0.05) is 17.7 Å². The molecule has 0 bridgehead atoms. The Morgan fingerprint density at radius 3 is 2.53 bits per heavy atom. The highest BCUT2D eigenvalue weighted by Gasteiger charge is 2.22. The van der Waals surface area contributed by atoms with Gasteiger partial charge in [0, 0.05) is 0 Å². The number of hydrogen-bond acceptors (Lipinski definition) is 4. The molecule has 0 saturated heterocycles. The van der Waals surface area contributed by atoms with Crippen LogP contribution in [0, 0.1) is 6.92 Å². The van der Waals surface area contributed by atoms with E-state index >= 15 is 0 Å². The number of carbonyl (C=O) groups is 2. The predicted octanol–water partition coefficient (Wildman–Crippen LogP) is 2.40. The average molecular weight is 257 g/mol. The molecule has 0 N–H and O–H groups in total. The third kappa shape index (κ3) is 2.77. The first-order valence-electron chi connectivity index (χ1n) is 5.07. The Hall–Kier alpha value is -1.55. The van der Waals surface area contributed by atoms with E-state index in [0.29, 0.717) is 5.75 Å². The summed E-state index contributed by atoms with van der Waals surface area (Å²) in [5.41, 5.74) is 0.880. The summed E-state index contributed by atoms with van der Waals surface area (Å²) in [6.45, 7) is 3.57. The number of esters is 1. The minimum atomic E-state index is -0.916. The number of methoxy groups -OCH3 is 1. The summed E-state index contributed by atoms with van der Waals surface area (Å²) in [5.74, 6) is -1.29. The van der Waals surface area contributed by atoms with Crippen molar-refractivity contribution in [3.8, 4) is 5.75 Å². The van der Waals surface area contributed by atoms with Crippen molar-refractivity contribution < 1.29 is 19.1 Å². The molecule has 0 aliphatic rings. The van der Waals surface area contributed by atoms with Crippen LogP contribution in [-0.4, -0.2) is 25.5 Å². The van der Waals surface area contributed by atoms with Crippen molar-refractivity contribution >= 4 is 23.4 Å². The first kappa shape index (κ1) is 13.5. The van der Waals surface area contributed by atoms with Crippen molar-refractivity contribution in [2.75, 3.05) is 13.7 Å². The lowest BCUT2D eigenvalue weighted by atomic mass is 10.1. The Morgan fingerprint density at radius 1 is 1.35 bits per heavy atom. The average Bonchev–Trinajstić information content (AvgIpc) is 2.29. The highest BCUT2D eigenvalue weighted by molar-refractivity contribution is 6.46. The first-order chi connectivity index (χ1) is 8.02. The smallest absolute Gasteiger partial charge is 0.379 e. The molecule has 0 radical (unpaired) electrons. The van der Waals surface area contributed by atoms with Crippen LogP contribution in [0.5, 0.6) is 5.75 Å². The van der Waals surface area contributed by atoms with Gasteiger partial charge in [0.25, 0.3) is 5.78 Å². The fourth-order valence-electron chi connectivity index (χ4n) is 1.39. The van der Waals surface area contributed by atoms with Gasteiger partial charge in [0.05, 0.1) is 24.3 Å². The topological polar surface area (TPSA) is 52.6 Å². The number of carbonyl (C=O) groups excluding carboxylic acids is 2. The summed E-state index contributed by atoms with van der Waals surface area (Å²) < 4.78 is 9.70. The summed E-state index contributed by atoms with van der Waals surface area (Å²) in [4.78, 5) is 23.0. The molecule has 0 heterocycles. The normalized spacial score (nSPS) is 9.88. The lowest BCUT2D eigenvalue weighted by molar-refractivity contribution is -0.137. The number of ketones is 1. The number of benzene rings is 1. The van der Waals surface area contributed by atoms with E-state index in [-0.39, 0.29) is 17.2 Å². The van der Waals surface area contributed by atoms with Crippen molar-refractivity contribution in [3.63, 3.8) is 0 Å². The molecule has 0 aliphatic carbocycles. The molecular formula is C12H13ClO4. The third-order valence-corrected chi connectivity index (χ3v) is 2.58. The Morgan fingerprint density at radius 2 is 2.00 bits per heavy atom. The summed E-state index contributed by atoms with van der Waals surface area (Å²) in [6.07, 6.45) is 0. The highest BCUT2D eigenvalue weighted by atomic mass is 35.5. The van der Waals surface area contributed by atoms with Crippen LogP contribution in [0.1, 0.15) is 22.8 Å². The Bertz CT molecular complexity index is 454. The second-order valence-corrected chi connectivity index (χ2v) is 3.70. The minimum absolute atomic E-state index is 0.0903. The van der Waals surface area contributed by atoms with Gasteiger partial charge < -0.3 is 9.47 Å². The molecule has 0 aromatic heterocycles. The van der Waals surface area contributed by atoms with Crippen molar-refractivity contribution in [1.82, 2.24) is 0 Å². The molecule has 17 heavy (non-hydrogen) atoms. The fourth-order valence-corrected chi connectivity index (χ4v) is 1.76. The van der Waals surface area contributed by atoms with Crippen LogP contribution in [0.3, 0.4) is 0 Å². The van der Waals surface area contributed by atoms with Crippen LogP contribution < -0.4 is 4.74 Å². The summed E-state index contributed by atoms with van der Waals surface area (Å²) in [7, 11) is 1.45. The second-order valence-electron chi connectivity index (χ2n) is 3.33. The Balaban J connectivity index is 3.15. The zero-order chi connectivity index (χ0) is 13.0. The minimum Gasteiger partial charge on any atom is -0.495 e. The second kappa shape index (κ2) is 5.68. The molecule has 0 atom stereocenters. The zero-order valence-corrected chi connectivity index (χ0v) is 10.6. The maximum Gasteiger partial charge on any atom is 0.379 e. The Kier molecular flexibility index (Phi) is 4.52. The van der Waals surface area contributed by atoms with Crippen molar-refractivity contribution in [2.45, 2.75) is 13.8 Å². The molecule has 0 aliphatic heterocycles. The molecule has 1 rings (SSSR count). The predicted molar refractivity (Wildman–Crippen MR) is 63.7 cm³/mol. The Labute approximate surface area is 104 Å². The fraction of sp³-hybridized carbons (Fsp3) is 0.333. The summed E-state index contributed by atoms with van der Waals surface area (Å²) in [5, 5.41) is 0.130. The highest BCUT2D eigenvalue weighted by Crippen LogP contribution is 2.31. The van der Waals surface area contributed by atoms with Gasteiger partial charge in [-0.3, -0.25) is 4.79 Å². The molecule has 4 nitrogen and oxygen atoms in total. The third-order valence-electron chi connectivity index (χ3n) is 2.20. The molecule has 0 spiro atoms. The quantitative estimate of drug-likeness (QED) is 0.472. The summed E-state index contributed by atoms with van der Waals surface area (Å²) in [6, 6.07) is 3.15. The van der Waals surface area contributed by atoms with Gasteiger partial charge in [-0.15, -0.1) is 0 Å². The van der Waals surface area contributed by atoms with E-state index < -0.39 is 11.8 Å². The van der Waals surface area contributed by atoms with Crippen LogP contribution in [0.2, 0.25) is 5.02 Å². The number of aryl methyl sites for hydroxylation is 1. The van der Waals surface area contributed by atoms with E-state index in [1.807, 2.05) is 0 Å². The molecule has 1 aromatic rings. The standard InChI is InChI=1S/C12H13ClO4/c1-4-17-12(15)10(14)8-6-5-7(2)11(16-3)9(8)13/h5-6H,4H2,1-3H3. The van der Waals surface area contributed by atoms with E-state index in [2.05, 4.69) is 4.74 Å². The molecule has 1 aromatic carbocycles. The number of hydrogen-bond donors (Lipinski definition) is 0. The molecule has 0 unspecified atom stereocenters. The lowest BCUT2D eigenvalue weighted by Crippen LogP contribution is -2.18. The van der Waals surface area contributed by atoms with Crippen LogP contribution in [0.15, 0.2) is 12.1 Å². The van der Waals surface area contributed by atoms with E-state index in [1.54, 1.807) is 19.9 Å². The van der Waals surface area contributed by atoms with Crippen LogP contribution in [-0.2, 0) is 9.53 Å². The maximum absolute atomic E-state index is 11.7. The maximum atomic E-state index is 11.7. The zero-order valence-electron chi connectivity index (χ0n) is 9.87. The number of Topliss-reactive ketones (excluding diaryl/α,β-unsaturated/α-hetero) is 1. The van der Waals surface area contributed by atoms with Crippen LogP contribution in [0.4, 0.5) is 0 Å². The molecule has 0 fully saturated rings. The lowest BCUT2D eigenvalue weighted by Gasteiger charge is -2.10. The van der Waals surface area contributed by atoms with Crippen LogP contribution in [0.25, 0.3) is 0 Å². The molecule has 0 amide bonds. The number of halogens is 1. The molecule has 92 valence electrons. The van der Waals surface area contributed by atoms with E-state index in [9.17, 15) is 9.59 Å². The SMILES string of the molecule is CCOC(=O)C(=O)c1ccc(C)c(OC)c1Cl. The van der Waals surface area contributed by atoms with Gasteiger partial charge in [0.15, 0.2) is 0 Å². The van der Waals surface area contributed by atoms with Crippen molar-refractivity contribution in [1.29, 1.82) is 0 Å². The van der Waals surface area contributed by atoms with Gasteiger partial charge in [0.2, 0.25) is 0 Å². The number of ether oxygens (including phenoxy) is 2. The van der Waals surface area contributed by atoms with Crippen LogP contribution >= 0.6 is 11.6 Å². The van der Waals surface area contributed by atoms with E-state index in [0.717, 1.165) is 5.56 Å². The van der Waals surface area contributed by atoms with E-state index in [4.69, 9.17) is 16.3 Å². The van der Waals surface area contributed by atoms with Crippen molar-refractivity contribution in [3.05, 3.63) is 28.3 Å². The monoisotopic (exact) mass is 256 g/mol. The number of rotatable bonds is 4. The largest absolute Gasteiger partial charge is 0.495 e. The molecule has 0 saturated carbocycles. The van der Waals surface area contributed by atoms with Gasteiger partial charge in [0.1, 0.15) is 5.75 Å². The van der Waals surface area contributed by atoms with Gasteiger partial charge in [-0.2, -0.15) is 0 Å². The first-order valence-corrected chi connectivity index (χ1v) is 5.45. The van der Waals surface area contributed by atoms with E-state index in [1.165, 1.54) is 13.2 Å².